The van der Waals surface area contributed by atoms with E-state index in [-0.39, 0.29) is 11.5 Å². The number of methoxy groups -OCH3 is 1. The van der Waals surface area contributed by atoms with Crippen molar-refractivity contribution in [2.24, 2.45) is 4.99 Å². The minimum Gasteiger partial charge on any atom is -0.464 e. The number of esters is 1. The molecule has 2 rings (SSSR count). The highest BCUT2D eigenvalue weighted by Gasteiger charge is 2.28. The maximum absolute atomic E-state index is 11.7. The van der Waals surface area contributed by atoms with Gasteiger partial charge in [0.1, 0.15) is 0 Å². The summed E-state index contributed by atoms with van der Waals surface area (Å²) in [5, 5.41) is -0.489. The van der Waals surface area contributed by atoms with Gasteiger partial charge in [0.25, 0.3) is 0 Å². The van der Waals surface area contributed by atoms with E-state index >= 15 is 0 Å². The SMILES string of the molecule is COC(=O)C1=CC(=O)C2=CC=CC(Cl)C2=N1. The normalized spacial score (nSPS) is 23.0. The van der Waals surface area contributed by atoms with Crippen molar-refractivity contribution in [3.05, 3.63) is 35.6 Å². The zero-order chi connectivity index (χ0) is 11.7. The van der Waals surface area contributed by atoms with Gasteiger partial charge in [-0.2, -0.15) is 0 Å². The Hall–Kier alpha value is -1.68. The van der Waals surface area contributed by atoms with Crippen molar-refractivity contribution in [2.45, 2.75) is 5.38 Å². The number of nitrogens with zero attached hydrogens (tertiary/aromatic N) is 1. The summed E-state index contributed by atoms with van der Waals surface area (Å²) in [5.74, 6) is -0.918. The van der Waals surface area contributed by atoms with Gasteiger partial charge in [-0.05, 0) is 6.08 Å². The Labute approximate surface area is 96.9 Å². The Kier molecular flexibility index (Phi) is 2.75. The van der Waals surface area contributed by atoms with E-state index in [1.807, 2.05) is 0 Å². The summed E-state index contributed by atoms with van der Waals surface area (Å²) in [6.45, 7) is 0. The maximum Gasteiger partial charge on any atom is 0.356 e. The van der Waals surface area contributed by atoms with Crippen molar-refractivity contribution >= 4 is 29.1 Å². The van der Waals surface area contributed by atoms with Gasteiger partial charge >= 0.3 is 5.97 Å². The molecule has 0 aromatic heterocycles. The van der Waals surface area contributed by atoms with Crippen LogP contribution in [0.2, 0.25) is 0 Å². The fraction of sp³-hybridized carbons (Fsp3) is 0.182. The number of hydrogen-bond acceptors (Lipinski definition) is 4. The molecule has 1 heterocycles. The summed E-state index contributed by atoms with van der Waals surface area (Å²) in [6, 6.07) is 0. The largest absolute Gasteiger partial charge is 0.464 e. The highest BCUT2D eigenvalue weighted by atomic mass is 35.5. The van der Waals surface area contributed by atoms with Crippen LogP contribution in [-0.2, 0) is 14.3 Å². The Bertz CT molecular complexity index is 485. The Morgan fingerprint density at radius 3 is 3.00 bits per heavy atom. The van der Waals surface area contributed by atoms with E-state index in [9.17, 15) is 9.59 Å². The molecule has 0 spiro atoms. The lowest BCUT2D eigenvalue weighted by Crippen LogP contribution is -2.27. The van der Waals surface area contributed by atoms with Crippen molar-refractivity contribution in [1.29, 1.82) is 0 Å². The molecule has 1 aliphatic carbocycles. The van der Waals surface area contributed by atoms with Crippen molar-refractivity contribution < 1.29 is 14.3 Å². The average molecular weight is 238 g/mol. The monoisotopic (exact) mass is 237 g/mol. The van der Waals surface area contributed by atoms with Crippen LogP contribution < -0.4 is 0 Å². The van der Waals surface area contributed by atoms with Gasteiger partial charge in [0.15, 0.2) is 11.5 Å². The molecule has 2 aliphatic rings. The Morgan fingerprint density at radius 1 is 1.56 bits per heavy atom. The highest BCUT2D eigenvalue weighted by molar-refractivity contribution is 6.43. The number of halogens is 1. The second-order valence-corrected chi connectivity index (χ2v) is 3.72. The van der Waals surface area contributed by atoms with Crippen LogP contribution in [0.1, 0.15) is 0 Å². The van der Waals surface area contributed by atoms with Crippen molar-refractivity contribution in [2.75, 3.05) is 7.11 Å². The Morgan fingerprint density at radius 2 is 2.31 bits per heavy atom. The van der Waals surface area contributed by atoms with Gasteiger partial charge in [0.05, 0.1) is 18.2 Å². The van der Waals surface area contributed by atoms with E-state index in [4.69, 9.17) is 11.6 Å². The molecular formula is C11H8ClNO3. The van der Waals surface area contributed by atoms with E-state index in [0.29, 0.717) is 11.3 Å². The van der Waals surface area contributed by atoms with E-state index < -0.39 is 11.3 Å². The van der Waals surface area contributed by atoms with Crippen molar-refractivity contribution in [3.8, 4) is 0 Å². The highest BCUT2D eigenvalue weighted by Crippen LogP contribution is 2.22. The van der Waals surface area contributed by atoms with Crippen LogP contribution in [0.25, 0.3) is 0 Å². The number of allylic oxidation sites excluding steroid dienone is 5. The zero-order valence-electron chi connectivity index (χ0n) is 8.44. The molecule has 1 unspecified atom stereocenters. The molecule has 0 N–H and O–H groups in total. The third kappa shape index (κ3) is 1.72. The molecule has 0 fully saturated rings. The van der Waals surface area contributed by atoms with Gasteiger partial charge < -0.3 is 4.74 Å². The van der Waals surface area contributed by atoms with Gasteiger partial charge in [-0.3, -0.25) is 4.79 Å². The van der Waals surface area contributed by atoms with Crippen LogP contribution in [-0.4, -0.2) is 30.0 Å². The molecule has 0 aromatic carbocycles. The predicted octanol–water partition coefficient (Wildman–Crippen LogP) is 1.17. The lowest BCUT2D eigenvalue weighted by atomic mass is 9.95. The van der Waals surface area contributed by atoms with Crippen molar-refractivity contribution in [3.63, 3.8) is 0 Å². The molecular weight excluding hydrogens is 230 g/mol. The lowest BCUT2D eigenvalue weighted by molar-refractivity contribution is -0.136. The van der Waals surface area contributed by atoms with Crippen LogP contribution in [0.4, 0.5) is 0 Å². The number of alkyl halides is 1. The molecule has 0 saturated carbocycles. The third-order valence-corrected chi connectivity index (χ3v) is 2.60. The van der Waals surface area contributed by atoms with E-state index in [0.717, 1.165) is 6.08 Å². The summed E-state index contributed by atoms with van der Waals surface area (Å²) in [5.41, 5.74) is 0.813. The zero-order valence-corrected chi connectivity index (χ0v) is 9.19. The van der Waals surface area contributed by atoms with Gasteiger partial charge in [0.2, 0.25) is 0 Å². The quantitative estimate of drug-likeness (QED) is 0.508. The second kappa shape index (κ2) is 4.06. The molecule has 82 valence electrons. The molecule has 1 aliphatic heterocycles. The fourth-order valence-electron chi connectivity index (χ4n) is 1.48. The smallest absolute Gasteiger partial charge is 0.356 e. The van der Waals surface area contributed by atoms with Gasteiger partial charge in [-0.15, -0.1) is 11.6 Å². The standard InChI is InChI=1S/C11H8ClNO3/c1-16-11(15)8-5-9(14)6-3-2-4-7(12)10(6)13-8/h2-5,7H,1H3. The molecule has 16 heavy (non-hydrogen) atoms. The molecule has 0 amide bonds. The van der Waals surface area contributed by atoms with Crippen LogP contribution in [0.3, 0.4) is 0 Å². The summed E-state index contributed by atoms with van der Waals surface area (Å²) in [7, 11) is 1.23. The first-order chi connectivity index (χ1) is 7.63. The van der Waals surface area contributed by atoms with Gasteiger partial charge in [0, 0.05) is 11.6 Å². The molecule has 0 bridgehead atoms. The molecule has 1 atom stereocenters. The number of ketones is 1. The van der Waals surface area contributed by atoms with Crippen LogP contribution in [0, 0.1) is 0 Å². The molecule has 0 radical (unpaired) electrons. The minimum absolute atomic E-state index is 0.0133. The van der Waals surface area contributed by atoms with E-state index in [2.05, 4.69) is 9.73 Å². The number of ether oxygens (including phenoxy) is 1. The summed E-state index contributed by atoms with van der Waals surface area (Å²) in [4.78, 5) is 27.0. The van der Waals surface area contributed by atoms with Crippen molar-refractivity contribution in [1.82, 2.24) is 0 Å². The first kappa shape index (κ1) is 10.8. The minimum atomic E-state index is -0.640. The van der Waals surface area contributed by atoms with E-state index in [1.165, 1.54) is 7.11 Å². The second-order valence-electron chi connectivity index (χ2n) is 3.25. The third-order valence-electron chi connectivity index (χ3n) is 2.25. The van der Waals surface area contributed by atoms with Gasteiger partial charge in [-0.1, -0.05) is 12.2 Å². The van der Waals surface area contributed by atoms with Crippen LogP contribution >= 0.6 is 11.6 Å². The van der Waals surface area contributed by atoms with Gasteiger partial charge in [-0.25, -0.2) is 9.79 Å². The summed E-state index contributed by atoms with van der Waals surface area (Å²) < 4.78 is 4.51. The molecule has 5 heteroatoms. The summed E-state index contributed by atoms with van der Waals surface area (Å²) >= 11 is 5.98. The number of hydrogen-bond donors (Lipinski definition) is 0. The number of carbonyl (C=O) groups is 2. The number of aliphatic imine (C=N–C) groups is 1. The first-order valence-electron chi connectivity index (χ1n) is 4.59. The molecule has 0 saturated heterocycles. The number of rotatable bonds is 1. The van der Waals surface area contributed by atoms with Crippen LogP contribution in [0.5, 0.6) is 0 Å². The average Bonchev–Trinajstić information content (AvgIpc) is 2.29. The topological polar surface area (TPSA) is 55.7 Å². The lowest BCUT2D eigenvalue weighted by Gasteiger charge is -2.18. The fourth-order valence-corrected chi connectivity index (χ4v) is 1.73. The van der Waals surface area contributed by atoms with E-state index in [1.54, 1.807) is 18.2 Å². The molecule has 0 aromatic rings. The maximum atomic E-state index is 11.7. The Balaban J connectivity index is 2.44. The van der Waals surface area contributed by atoms with Crippen LogP contribution in [0.15, 0.2) is 40.6 Å². The molecule has 4 nitrogen and oxygen atoms in total. The number of fused-ring (bicyclic) bond motifs is 1. The number of carbonyl (C=O) groups excluding carboxylic acids is 2. The summed E-state index contributed by atoms with van der Waals surface area (Å²) in [6.07, 6.45) is 6.17. The first-order valence-corrected chi connectivity index (χ1v) is 5.03. The predicted molar refractivity (Wildman–Crippen MR) is 59.4 cm³/mol.